The van der Waals surface area contributed by atoms with Gasteiger partial charge in [0.05, 0.1) is 0 Å². The van der Waals surface area contributed by atoms with E-state index in [0.29, 0.717) is 28.8 Å². The van der Waals surface area contributed by atoms with Crippen molar-refractivity contribution in [1.82, 2.24) is 0 Å². The number of aryl methyl sites for hydroxylation is 1. The molecule has 0 fully saturated rings. The number of halogens is 5. The smallest absolute Gasteiger partial charge is 0.406 e. The van der Waals surface area contributed by atoms with E-state index in [9.17, 15) is 13.2 Å². The molecule has 1 aromatic carbocycles. The standard InChI is InChI=1S/C10H9BrClF3O/c11-5-1-2-7-6-8(12)3-4-9(7)16-10(13,14)15/h3-4,6H,1-2,5H2. The van der Waals surface area contributed by atoms with Crippen molar-refractivity contribution in [3.8, 4) is 5.75 Å². The minimum absolute atomic E-state index is 0.183. The van der Waals surface area contributed by atoms with Gasteiger partial charge in [-0.3, -0.25) is 0 Å². The fourth-order valence-electron chi connectivity index (χ4n) is 1.22. The van der Waals surface area contributed by atoms with Gasteiger partial charge in [-0.25, -0.2) is 0 Å². The van der Waals surface area contributed by atoms with Crippen LogP contribution in [0.25, 0.3) is 0 Å². The highest BCUT2D eigenvalue weighted by Crippen LogP contribution is 2.29. The Morgan fingerprint density at radius 3 is 2.56 bits per heavy atom. The highest BCUT2D eigenvalue weighted by molar-refractivity contribution is 9.09. The summed E-state index contributed by atoms with van der Waals surface area (Å²) in [6, 6.07) is 4.10. The maximum Gasteiger partial charge on any atom is 0.573 e. The molecule has 0 saturated heterocycles. The molecule has 0 atom stereocenters. The van der Waals surface area contributed by atoms with Crippen LogP contribution in [0.3, 0.4) is 0 Å². The fourth-order valence-corrected chi connectivity index (χ4v) is 1.70. The quantitative estimate of drug-likeness (QED) is 0.739. The van der Waals surface area contributed by atoms with Crippen LogP contribution < -0.4 is 4.74 Å². The number of alkyl halides is 4. The molecule has 0 bridgehead atoms. The molecule has 90 valence electrons. The first-order valence-electron chi connectivity index (χ1n) is 4.52. The van der Waals surface area contributed by atoms with Gasteiger partial charge in [0.2, 0.25) is 0 Å². The first kappa shape index (κ1) is 13.6. The van der Waals surface area contributed by atoms with E-state index >= 15 is 0 Å². The van der Waals surface area contributed by atoms with E-state index in [1.807, 2.05) is 0 Å². The van der Waals surface area contributed by atoms with E-state index in [-0.39, 0.29) is 5.75 Å². The fraction of sp³-hybridized carbons (Fsp3) is 0.400. The van der Waals surface area contributed by atoms with E-state index in [2.05, 4.69) is 20.7 Å². The summed E-state index contributed by atoms with van der Waals surface area (Å²) in [5, 5.41) is 1.12. The third-order valence-corrected chi connectivity index (χ3v) is 2.62. The van der Waals surface area contributed by atoms with Gasteiger partial charge in [0.15, 0.2) is 0 Å². The second-order valence-corrected chi connectivity index (χ2v) is 4.32. The van der Waals surface area contributed by atoms with Crippen LogP contribution in [0.2, 0.25) is 5.02 Å². The Bertz CT molecular complexity index is 354. The molecule has 0 aliphatic carbocycles. The first-order chi connectivity index (χ1) is 7.42. The molecule has 0 N–H and O–H groups in total. The average molecular weight is 318 g/mol. The average Bonchev–Trinajstić information content (AvgIpc) is 2.16. The lowest BCUT2D eigenvalue weighted by Gasteiger charge is -2.13. The van der Waals surface area contributed by atoms with E-state index in [1.165, 1.54) is 18.2 Å². The Hall–Kier alpha value is -0.420. The van der Waals surface area contributed by atoms with Crippen LogP contribution in [-0.4, -0.2) is 11.7 Å². The predicted molar refractivity (Wildman–Crippen MR) is 60.3 cm³/mol. The van der Waals surface area contributed by atoms with Gasteiger partial charge < -0.3 is 4.74 Å². The molecule has 16 heavy (non-hydrogen) atoms. The Balaban J connectivity index is 2.89. The van der Waals surface area contributed by atoms with Crippen LogP contribution in [0.5, 0.6) is 5.75 Å². The highest BCUT2D eigenvalue weighted by atomic mass is 79.9. The third kappa shape index (κ3) is 4.61. The van der Waals surface area contributed by atoms with Crippen LogP contribution in [0.15, 0.2) is 18.2 Å². The monoisotopic (exact) mass is 316 g/mol. The molecule has 0 unspecified atom stereocenters. The van der Waals surface area contributed by atoms with Gasteiger partial charge in [-0.15, -0.1) is 13.2 Å². The molecule has 0 saturated carbocycles. The zero-order valence-corrected chi connectivity index (χ0v) is 10.5. The molecule has 6 heteroatoms. The van der Waals surface area contributed by atoms with Gasteiger partial charge >= 0.3 is 6.36 Å². The Morgan fingerprint density at radius 2 is 2.00 bits per heavy atom. The molecular weight excluding hydrogens is 308 g/mol. The molecule has 0 aliphatic heterocycles. The Labute approximate surface area is 105 Å². The van der Waals surface area contributed by atoms with Crippen molar-refractivity contribution in [3.05, 3.63) is 28.8 Å². The van der Waals surface area contributed by atoms with Gasteiger partial charge in [0.25, 0.3) is 0 Å². The highest BCUT2D eigenvalue weighted by Gasteiger charge is 2.31. The minimum atomic E-state index is -4.67. The zero-order chi connectivity index (χ0) is 12.2. The summed E-state index contributed by atoms with van der Waals surface area (Å²) < 4.78 is 40.1. The van der Waals surface area contributed by atoms with Gasteiger partial charge in [-0.2, -0.15) is 0 Å². The van der Waals surface area contributed by atoms with Crippen molar-refractivity contribution in [2.45, 2.75) is 19.2 Å². The maximum atomic E-state index is 12.1. The Kier molecular flexibility index (Phi) is 4.92. The van der Waals surface area contributed by atoms with Crippen molar-refractivity contribution in [2.24, 2.45) is 0 Å². The zero-order valence-electron chi connectivity index (χ0n) is 8.15. The second kappa shape index (κ2) is 5.77. The predicted octanol–water partition coefficient (Wildman–Crippen LogP) is 4.57. The molecule has 0 amide bonds. The molecule has 1 nitrogen and oxygen atoms in total. The van der Waals surface area contributed by atoms with Gasteiger partial charge in [-0.05, 0) is 36.6 Å². The maximum absolute atomic E-state index is 12.1. The van der Waals surface area contributed by atoms with E-state index < -0.39 is 6.36 Å². The number of ether oxygens (including phenoxy) is 1. The van der Waals surface area contributed by atoms with E-state index in [4.69, 9.17) is 11.6 Å². The molecule has 0 heterocycles. The SMILES string of the molecule is FC(F)(F)Oc1ccc(Cl)cc1CCCBr. The van der Waals surface area contributed by atoms with Crippen molar-refractivity contribution in [3.63, 3.8) is 0 Å². The van der Waals surface area contributed by atoms with Gasteiger partial charge in [-0.1, -0.05) is 27.5 Å². The van der Waals surface area contributed by atoms with Crippen molar-refractivity contribution in [2.75, 3.05) is 5.33 Å². The lowest BCUT2D eigenvalue weighted by atomic mass is 10.1. The second-order valence-electron chi connectivity index (χ2n) is 3.09. The number of benzene rings is 1. The summed E-state index contributed by atoms with van der Waals surface area (Å²) in [5.41, 5.74) is 0.462. The van der Waals surface area contributed by atoms with Crippen molar-refractivity contribution in [1.29, 1.82) is 0 Å². The largest absolute Gasteiger partial charge is 0.573 e. The molecule has 0 radical (unpaired) electrons. The van der Waals surface area contributed by atoms with Crippen LogP contribution in [0.1, 0.15) is 12.0 Å². The normalized spacial score (nSPS) is 11.6. The topological polar surface area (TPSA) is 9.23 Å². The molecule has 0 aliphatic rings. The van der Waals surface area contributed by atoms with E-state index in [1.54, 1.807) is 0 Å². The lowest BCUT2D eigenvalue weighted by molar-refractivity contribution is -0.274. The summed E-state index contributed by atoms with van der Waals surface area (Å²) in [4.78, 5) is 0. The van der Waals surface area contributed by atoms with Crippen LogP contribution in [0.4, 0.5) is 13.2 Å². The van der Waals surface area contributed by atoms with Gasteiger partial charge in [0.1, 0.15) is 5.75 Å². The lowest BCUT2D eigenvalue weighted by Crippen LogP contribution is -2.18. The van der Waals surface area contributed by atoms with Crippen molar-refractivity contribution < 1.29 is 17.9 Å². The van der Waals surface area contributed by atoms with Crippen LogP contribution >= 0.6 is 27.5 Å². The molecule has 0 spiro atoms. The summed E-state index contributed by atoms with van der Waals surface area (Å²) in [5.74, 6) is -0.183. The summed E-state index contributed by atoms with van der Waals surface area (Å²) in [7, 11) is 0. The van der Waals surface area contributed by atoms with Crippen molar-refractivity contribution >= 4 is 27.5 Å². The van der Waals surface area contributed by atoms with Crippen LogP contribution in [0, 0.1) is 0 Å². The van der Waals surface area contributed by atoms with Crippen LogP contribution in [-0.2, 0) is 6.42 Å². The molecule has 1 rings (SSSR count). The number of hydrogen-bond donors (Lipinski definition) is 0. The summed E-state index contributed by atoms with van der Waals surface area (Å²) in [6.07, 6.45) is -3.47. The number of rotatable bonds is 4. The van der Waals surface area contributed by atoms with E-state index in [0.717, 1.165) is 0 Å². The molecule has 1 aromatic rings. The minimum Gasteiger partial charge on any atom is -0.406 e. The van der Waals surface area contributed by atoms with Gasteiger partial charge in [0, 0.05) is 10.4 Å². The molecule has 0 aromatic heterocycles. The first-order valence-corrected chi connectivity index (χ1v) is 6.02. The summed E-state index contributed by atoms with van der Waals surface area (Å²) >= 11 is 8.93. The summed E-state index contributed by atoms with van der Waals surface area (Å²) in [6.45, 7) is 0. The third-order valence-electron chi connectivity index (χ3n) is 1.83. The molecular formula is C10H9BrClF3O. The number of hydrogen-bond acceptors (Lipinski definition) is 1. The Morgan fingerprint density at radius 1 is 1.31 bits per heavy atom.